The first-order chi connectivity index (χ1) is 19.5. The summed E-state index contributed by atoms with van der Waals surface area (Å²) in [4.78, 5) is 34.8. The van der Waals surface area contributed by atoms with Crippen molar-refractivity contribution in [3.05, 3.63) is 59.8 Å². The molecule has 0 unspecified atom stereocenters. The van der Waals surface area contributed by atoms with Crippen LogP contribution in [-0.4, -0.2) is 78.8 Å². The number of thiophene rings is 1. The van der Waals surface area contributed by atoms with Crippen molar-refractivity contribution in [2.24, 2.45) is 0 Å². The third-order valence-electron chi connectivity index (χ3n) is 7.60. The summed E-state index contributed by atoms with van der Waals surface area (Å²) >= 11 is 1.38. The Morgan fingerprint density at radius 2 is 1.88 bits per heavy atom. The Labute approximate surface area is 239 Å². The minimum Gasteiger partial charge on any atom is -0.437 e. The van der Waals surface area contributed by atoms with Gasteiger partial charge in [-0.15, -0.1) is 0 Å². The first-order valence-corrected chi connectivity index (χ1v) is 14.1. The molecule has 2 aliphatic rings. The van der Waals surface area contributed by atoms with Crippen LogP contribution in [0.4, 0.5) is 23.8 Å². The van der Waals surface area contributed by atoms with E-state index in [1.54, 1.807) is 0 Å². The van der Waals surface area contributed by atoms with Gasteiger partial charge in [-0.25, -0.2) is 9.78 Å². The van der Waals surface area contributed by atoms with E-state index in [2.05, 4.69) is 20.7 Å². The molecule has 0 aliphatic carbocycles. The maximum Gasteiger partial charge on any atom is 0.514 e. The van der Waals surface area contributed by atoms with Crippen molar-refractivity contribution in [1.29, 1.82) is 0 Å². The van der Waals surface area contributed by atoms with E-state index < -0.39 is 17.9 Å². The Bertz CT molecular complexity index is 1440. The summed E-state index contributed by atoms with van der Waals surface area (Å²) in [6.07, 6.45) is -1.53. The van der Waals surface area contributed by atoms with Crippen LogP contribution in [0.1, 0.15) is 31.4 Å². The zero-order valence-corrected chi connectivity index (χ0v) is 23.8. The molecule has 8 nitrogen and oxygen atoms in total. The molecule has 2 aromatic heterocycles. The molecule has 0 spiro atoms. The number of halogens is 3. The Hall–Kier alpha value is -3.64. The number of fused-ring (bicyclic) bond motifs is 1. The molecule has 3 aromatic rings. The van der Waals surface area contributed by atoms with Gasteiger partial charge in [0.05, 0.1) is 19.2 Å². The highest BCUT2D eigenvalue weighted by Crippen LogP contribution is 2.38. The van der Waals surface area contributed by atoms with E-state index in [9.17, 15) is 22.8 Å². The first-order valence-electron chi connectivity index (χ1n) is 13.3. The fraction of sp³-hybridized carbons (Fsp3) is 0.414. The number of nitrogens with zero attached hydrogens (tertiary/aromatic N) is 4. The number of anilines is 1. The van der Waals surface area contributed by atoms with Crippen molar-refractivity contribution in [2.75, 3.05) is 44.7 Å². The fourth-order valence-electron chi connectivity index (χ4n) is 5.46. The molecule has 0 radical (unpaired) electrons. The van der Waals surface area contributed by atoms with Gasteiger partial charge < -0.3 is 19.3 Å². The summed E-state index contributed by atoms with van der Waals surface area (Å²) < 4.78 is 49.6. The lowest BCUT2D eigenvalue weighted by Crippen LogP contribution is -2.59. The predicted octanol–water partition coefficient (Wildman–Crippen LogP) is 5.68. The van der Waals surface area contributed by atoms with Gasteiger partial charge in [0.2, 0.25) is 5.91 Å². The standard InChI is InChI=1S/C29H31F3N4O4S/c1-18-15-35(24-8-7-22(14-33-24)29(30,31)32)16-19(2)36(18)17-25(37)34-11-9-20(10-12-34)23-6-4-5-21-13-26(41-27(21)23)40-28(38)39-3/h4-9,13-14,18-19H,10-12,15-17H2,1-3H3/t18-,19+. The van der Waals surface area contributed by atoms with Gasteiger partial charge in [0.25, 0.3) is 0 Å². The van der Waals surface area contributed by atoms with Crippen molar-refractivity contribution >= 4 is 44.9 Å². The number of carbonyl (C=O) groups is 2. The number of hydrogen-bond donors (Lipinski definition) is 0. The molecule has 218 valence electrons. The number of benzene rings is 1. The van der Waals surface area contributed by atoms with E-state index in [0.29, 0.717) is 43.5 Å². The molecule has 2 aliphatic heterocycles. The Balaban J connectivity index is 1.20. The quantitative estimate of drug-likeness (QED) is 0.356. The van der Waals surface area contributed by atoms with Gasteiger partial charge in [-0.1, -0.05) is 35.6 Å². The van der Waals surface area contributed by atoms with Gasteiger partial charge >= 0.3 is 12.3 Å². The molecule has 0 bridgehead atoms. The molecule has 4 heterocycles. The molecule has 0 N–H and O–H groups in total. The van der Waals surface area contributed by atoms with Gasteiger partial charge in [-0.3, -0.25) is 9.69 Å². The Kier molecular flexibility index (Phi) is 8.23. The van der Waals surface area contributed by atoms with Crippen molar-refractivity contribution in [3.8, 4) is 5.06 Å². The van der Waals surface area contributed by atoms with Crippen LogP contribution >= 0.6 is 11.3 Å². The SMILES string of the molecule is COC(=O)Oc1cc2cccc(C3=CCN(C(=O)CN4[C@H](C)CN(c5ccc(C(F)(F)F)cn5)C[C@@H]4C)CC3)c2s1. The number of rotatable bonds is 5. The maximum absolute atomic E-state index is 13.3. The van der Waals surface area contributed by atoms with E-state index in [4.69, 9.17) is 4.74 Å². The van der Waals surface area contributed by atoms with E-state index in [-0.39, 0.29) is 24.5 Å². The number of piperazine rings is 1. The predicted molar refractivity (Wildman–Crippen MR) is 151 cm³/mol. The third kappa shape index (κ3) is 6.33. The number of pyridine rings is 1. The molecule has 2 atom stereocenters. The summed E-state index contributed by atoms with van der Waals surface area (Å²) in [5, 5.41) is 1.43. The van der Waals surface area contributed by atoms with Gasteiger partial charge in [0.15, 0.2) is 5.06 Å². The molecule has 41 heavy (non-hydrogen) atoms. The van der Waals surface area contributed by atoms with Crippen LogP contribution in [0.25, 0.3) is 15.7 Å². The van der Waals surface area contributed by atoms with E-state index in [0.717, 1.165) is 33.5 Å². The van der Waals surface area contributed by atoms with E-state index in [1.165, 1.54) is 24.5 Å². The molecule has 12 heteroatoms. The topological polar surface area (TPSA) is 75.2 Å². The van der Waals surface area contributed by atoms with E-state index in [1.807, 2.05) is 47.9 Å². The van der Waals surface area contributed by atoms with Crippen LogP contribution in [0.3, 0.4) is 0 Å². The zero-order chi connectivity index (χ0) is 29.3. The molecule has 1 aromatic carbocycles. The van der Waals surface area contributed by atoms with Gasteiger partial charge in [0.1, 0.15) is 5.82 Å². The molecule has 1 saturated heterocycles. The molecule has 1 amide bonds. The van der Waals surface area contributed by atoms with Crippen LogP contribution < -0.4 is 9.64 Å². The normalized spacial score (nSPS) is 20.2. The lowest BCUT2D eigenvalue weighted by molar-refractivity contribution is -0.137. The van der Waals surface area contributed by atoms with Crippen molar-refractivity contribution in [1.82, 2.24) is 14.8 Å². The van der Waals surface area contributed by atoms with Gasteiger partial charge in [-0.05, 0) is 48.9 Å². The summed E-state index contributed by atoms with van der Waals surface area (Å²) in [7, 11) is 1.27. The monoisotopic (exact) mass is 588 g/mol. The average Bonchev–Trinajstić information content (AvgIpc) is 3.37. The molecular weight excluding hydrogens is 557 g/mol. The Morgan fingerprint density at radius 3 is 2.49 bits per heavy atom. The molecular formula is C29H31F3N4O4S. The van der Waals surface area contributed by atoms with Crippen LogP contribution in [-0.2, 0) is 15.7 Å². The molecule has 0 saturated carbocycles. The second kappa shape index (κ2) is 11.7. The number of methoxy groups -OCH3 is 1. The third-order valence-corrected chi connectivity index (χ3v) is 8.66. The summed E-state index contributed by atoms with van der Waals surface area (Å²) in [5.41, 5.74) is 1.44. The fourth-order valence-corrected chi connectivity index (χ4v) is 6.51. The van der Waals surface area contributed by atoms with E-state index >= 15 is 0 Å². The van der Waals surface area contributed by atoms with Crippen LogP contribution in [0.2, 0.25) is 0 Å². The van der Waals surface area contributed by atoms with Gasteiger partial charge in [-0.2, -0.15) is 13.2 Å². The Morgan fingerprint density at radius 1 is 1.12 bits per heavy atom. The maximum atomic E-state index is 13.3. The number of amides is 1. The largest absolute Gasteiger partial charge is 0.514 e. The molecule has 1 fully saturated rings. The smallest absolute Gasteiger partial charge is 0.437 e. The van der Waals surface area contributed by atoms with Crippen LogP contribution in [0.5, 0.6) is 5.06 Å². The lowest BCUT2D eigenvalue weighted by atomic mass is 9.98. The number of carbonyl (C=O) groups excluding carboxylic acids is 2. The lowest BCUT2D eigenvalue weighted by Gasteiger charge is -2.45. The second-order valence-corrected chi connectivity index (χ2v) is 11.4. The summed E-state index contributed by atoms with van der Waals surface area (Å²) in [6, 6.07) is 10.3. The summed E-state index contributed by atoms with van der Waals surface area (Å²) in [6.45, 7) is 6.53. The van der Waals surface area contributed by atoms with Crippen molar-refractivity contribution < 1.29 is 32.2 Å². The van der Waals surface area contributed by atoms with Crippen molar-refractivity contribution in [2.45, 2.75) is 38.5 Å². The highest BCUT2D eigenvalue weighted by atomic mass is 32.1. The highest BCUT2D eigenvalue weighted by Gasteiger charge is 2.34. The minimum absolute atomic E-state index is 0.0144. The number of aromatic nitrogens is 1. The second-order valence-electron chi connectivity index (χ2n) is 10.3. The highest BCUT2D eigenvalue weighted by molar-refractivity contribution is 7.21. The average molecular weight is 589 g/mol. The first kappa shape index (κ1) is 28.9. The van der Waals surface area contributed by atoms with Gasteiger partial charge in [0, 0.05) is 55.2 Å². The van der Waals surface area contributed by atoms with Crippen LogP contribution in [0, 0.1) is 0 Å². The zero-order valence-electron chi connectivity index (χ0n) is 23.0. The molecule has 5 rings (SSSR count). The van der Waals surface area contributed by atoms with Crippen LogP contribution in [0.15, 0.2) is 48.7 Å². The number of hydrogen-bond acceptors (Lipinski definition) is 8. The van der Waals surface area contributed by atoms with Crippen molar-refractivity contribution in [3.63, 3.8) is 0 Å². The number of alkyl halides is 3. The number of ether oxygens (including phenoxy) is 2. The minimum atomic E-state index is -4.42. The summed E-state index contributed by atoms with van der Waals surface area (Å²) in [5.74, 6) is 0.546.